The molecule has 0 N–H and O–H groups in total. The van der Waals surface area contributed by atoms with Crippen LogP contribution in [0, 0.1) is 11.7 Å². The molecule has 0 spiro atoms. The van der Waals surface area contributed by atoms with Crippen LogP contribution in [-0.2, 0) is 27.4 Å². The molecule has 1 saturated heterocycles. The molecule has 1 aromatic carbocycles. The Kier molecular flexibility index (Phi) is 9.32. The molecular weight excluding hydrogens is 505 g/mol. The van der Waals surface area contributed by atoms with Gasteiger partial charge in [-0.3, -0.25) is 23.9 Å². The third-order valence-corrected chi connectivity index (χ3v) is 7.25. The van der Waals surface area contributed by atoms with Gasteiger partial charge in [0.15, 0.2) is 5.69 Å². The van der Waals surface area contributed by atoms with Crippen LogP contribution in [0.3, 0.4) is 0 Å². The Balaban J connectivity index is 1.37. The summed E-state index contributed by atoms with van der Waals surface area (Å²) in [5.74, 6) is -1.60. The standard InChI is InChI=1S/C28H36FN5O5/c1-3-31(16-12-25(35)32-13-5-7-21(19-32)28(38)39-4-2)26(36)23-17-24-27(37)33(14-6-15-34(24)30-23)18-20-8-10-22(29)11-9-20/h8-11,17,21H,3-7,12-16,18-19H2,1-2H3/t21-/m0/s1. The summed E-state index contributed by atoms with van der Waals surface area (Å²) < 4.78 is 20.0. The highest BCUT2D eigenvalue weighted by Gasteiger charge is 2.31. The minimum atomic E-state index is -0.341. The maximum atomic E-state index is 13.3. The highest BCUT2D eigenvalue weighted by Crippen LogP contribution is 2.20. The Morgan fingerprint density at radius 2 is 1.87 bits per heavy atom. The second-order valence-corrected chi connectivity index (χ2v) is 9.91. The number of benzene rings is 1. The number of aromatic nitrogens is 2. The van der Waals surface area contributed by atoms with E-state index in [1.807, 2.05) is 6.92 Å². The average molecular weight is 542 g/mol. The van der Waals surface area contributed by atoms with E-state index in [1.165, 1.54) is 18.2 Å². The summed E-state index contributed by atoms with van der Waals surface area (Å²) in [4.78, 5) is 56.5. The van der Waals surface area contributed by atoms with E-state index in [2.05, 4.69) is 5.10 Å². The Hall–Kier alpha value is -3.76. The number of piperidine rings is 1. The third-order valence-electron chi connectivity index (χ3n) is 7.25. The van der Waals surface area contributed by atoms with E-state index in [4.69, 9.17) is 4.74 Å². The van der Waals surface area contributed by atoms with Crippen LogP contribution in [0.5, 0.6) is 0 Å². The zero-order chi connectivity index (χ0) is 27.9. The molecule has 0 aliphatic carbocycles. The lowest BCUT2D eigenvalue weighted by atomic mass is 9.98. The molecule has 2 aliphatic rings. The molecule has 1 fully saturated rings. The highest BCUT2D eigenvalue weighted by molar-refractivity contribution is 5.98. The zero-order valence-corrected chi connectivity index (χ0v) is 22.6. The first-order chi connectivity index (χ1) is 18.8. The van der Waals surface area contributed by atoms with Crippen LogP contribution in [0.25, 0.3) is 0 Å². The normalized spacial score (nSPS) is 17.4. The molecule has 1 aromatic heterocycles. The molecular formula is C28H36FN5O5. The van der Waals surface area contributed by atoms with E-state index in [1.54, 1.807) is 38.4 Å². The number of esters is 1. The number of hydrogen-bond acceptors (Lipinski definition) is 6. The van der Waals surface area contributed by atoms with Crippen molar-refractivity contribution in [1.82, 2.24) is 24.5 Å². The molecule has 0 bridgehead atoms. The summed E-state index contributed by atoms with van der Waals surface area (Å²) in [5.41, 5.74) is 1.32. The van der Waals surface area contributed by atoms with Crippen LogP contribution < -0.4 is 0 Å². The van der Waals surface area contributed by atoms with E-state index in [0.717, 1.165) is 12.0 Å². The van der Waals surface area contributed by atoms with Crippen LogP contribution >= 0.6 is 0 Å². The number of hydrogen-bond donors (Lipinski definition) is 0. The molecule has 210 valence electrons. The molecule has 11 heteroatoms. The van der Waals surface area contributed by atoms with Gasteiger partial charge in [0.05, 0.1) is 12.5 Å². The Labute approximate surface area is 227 Å². The van der Waals surface area contributed by atoms with E-state index in [9.17, 15) is 23.6 Å². The zero-order valence-electron chi connectivity index (χ0n) is 22.6. The van der Waals surface area contributed by atoms with Crippen molar-refractivity contribution in [2.45, 2.75) is 52.6 Å². The molecule has 4 rings (SSSR count). The van der Waals surface area contributed by atoms with Crippen molar-refractivity contribution in [2.75, 3.05) is 39.3 Å². The Morgan fingerprint density at radius 1 is 1.10 bits per heavy atom. The molecule has 3 heterocycles. The molecule has 3 amide bonds. The van der Waals surface area contributed by atoms with Gasteiger partial charge in [-0.25, -0.2) is 4.39 Å². The quantitative estimate of drug-likeness (QED) is 0.452. The molecule has 10 nitrogen and oxygen atoms in total. The van der Waals surface area contributed by atoms with E-state index < -0.39 is 0 Å². The minimum absolute atomic E-state index is 0.109. The van der Waals surface area contributed by atoms with Gasteiger partial charge < -0.3 is 19.4 Å². The fourth-order valence-electron chi connectivity index (χ4n) is 5.11. The number of amides is 3. The van der Waals surface area contributed by atoms with Gasteiger partial charge in [0, 0.05) is 58.3 Å². The average Bonchev–Trinajstić information content (AvgIpc) is 3.31. The van der Waals surface area contributed by atoms with Gasteiger partial charge in [-0.05, 0) is 50.8 Å². The lowest BCUT2D eigenvalue weighted by Gasteiger charge is -2.32. The van der Waals surface area contributed by atoms with Crippen molar-refractivity contribution in [3.8, 4) is 0 Å². The summed E-state index contributed by atoms with van der Waals surface area (Å²) in [6, 6.07) is 7.56. The SMILES string of the molecule is CCOC(=O)[C@H]1CCCN(C(=O)CCN(CC)C(=O)c2cc3n(n2)CCCN(Cc2ccc(F)cc2)C3=O)C1. The topological polar surface area (TPSA) is 105 Å². The third kappa shape index (κ3) is 6.82. The van der Waals surface area contributed by atoms with Gasteiger partial charge >= 0.3 is 5.97 Å². The van der Waals surface area contributed by atoms with E-state index in [-0.39, 0.29) is 54.1 Å². The summed E-state index contributed by atoms with van der Waals surface area (Å²) in [7, 11) is 0. The number of likely N-dealkylation sites (tertiary alicyclic amines) is 1. The van der Waals surface area contributed by atoms with Crippen LogP contribution in [-0.4, -0.2) is 87.5 Å². The summed E-state index contributed by atoms with van der Waals surface area (Å²) >= 11 is 0. The molecule has 2 aromatic rings. The lowest BCUT2D eigenvalue weighted by molar-refractivity contribution is -0.151. The van der Waals surface area contributed by atoms with Crippen molar-refractivity contribution >= 4 is 23.7 Å². The maximum Gasteiger partial charge on any atom is 0.310 e. The minimum Gasteiger partial charge on any atom is -0.466 e. The van der Waals surface area contributed by atoms with Crippen molar-refractivity contribution in [3.05, 3.63) is 53.1 Å². The fraction of sp³-hybridized carbons (Fsp3) is 0.536. The summed E-state index contributed by atoms with van der Waals surface area (Å²) in [6.07, 6.45) is 2.24. The number of rotatable bonds is 9. The highest BCUT2D eigenvalue weighted by atomic mass is 19.1. The monoisotopic (exact) mass is 541 g/mol. The van der Waals surface area contributed by atoms with Gasteiger partial charge in [0.1, 0.15) is 11.5 Å². The number of aryl methyl sites for hydroxylation is 1. The summed E-state index contributed by atoms with van der Waals surface area (Å²) in [6.45, 7) is 6.77. The van der Waals surface area contributed by atoms with Gasteiger partial charge in [-0.1, -0.05) is 12.1 Å². The maximum absolute atomic E-state index is 13.3. The second kappa shape index (κ2) is 12.9. The Morgan fingerprint density at radius 3 is 2.59 bits per heavy atom. The van der Waals surface area contributed by atoms with Crippen molar-refractivity contribution < 1.29 is 28.3 Å². The predicted molar refractivity (Wildman–Crippen MR) is 140 cm³/mol. The number of ether oxygens (including phenoxy) is 1. The first-order valence-corrected chi connectivity index (χ1v) is 13.7. The molecule has 0 unspecified atom stereocenters. The first-order valence-electron chi connectivity index (χ1n) is 13.7. The Bertz CT molecular complexity index is 1200. The van der Waals surface area contributed by atoms with E-state index in [0.29, 0.717) is 64.4 Å². The van der Waals surface area contributed by atoms with Gasteiger partial charge in [-0.15, -0.1) is 0 Å². The number of halogens is 1. The lowest BCUT2D eigenvalue weighted by Crippen LogP contribution is -2.44. The first kappa shape index (κ1) is 28.3. The van der Waals surface area contributed by atoms with Gasteiger partial charge in [0.25, 0.3) is 11.8 Å². The van der Waals surface area contributed by atoms with Crippen LogP contribution in [0.4, 0.5) is 4.39 Å². The molecule has 1 atom stereocenters. The number of fused-ring (bicyclic) bond motifs is 1. The molecule has 0 saturated carbocycles. The largest absolute Gasteiger partial charge is 0.466 e. The van der Waals surface area contributed by atoms with Gasteiger partial charge in [-0.2, -0.15) is 5.10 Å². The molecule has 2 aliphatic heterocycles. The van der Waals surface area contributed by atoms with Crippen LogP contribution in [0.2, 0.25) is 0 Å². The summed E-state index contributed by atoms with van der Waals surface area (Å²) in [5, 5.41) is 4.43. The van der Waals surface area contributed by atoms with Gasteiger partial charge in [0.2, 0.25) is 5.91 Å². The van der Waals surface area contributed by atoms with E-state index >= 15 is 0 Å². The number of carbonyl (C=O) groups is 4. The number of nitrogens with zero attached hydrogens (tertiary/aromatic N) is 5. The van der Waals surface area contributed by atoms with Crippen LogP contribution in [0.1, 0.15) is 66.1 Å². The van der Waals surface area contributed by atoms with Crippen molar-refractivity contribution in [3.63, 3.8) is 0 Å². The fourth-order valence-corrected chi connectivity index (χ4v) is 5.11. The van der Waals surface area contributed by atoms with Crippen molar-refractivity contribution in [1.29, 1.82) is 0 Å². The molecule has 0 radical (unpaired) electrons. The predicted octanol–water partition coefficient (Wildman–Crippen LogP) is 2.72. The molecule has 39 heavy (non-hydrogen) atoms. The smallest absolute Gasteiger partial charge is 0.310 e. The number of carbonyl (C=O) groups excluding carboxylic acids is 4. The second-order valence-electron chi connectivity index (χ2n) is 9.91. The van der Waals surface area contributed by atoms with Crippen LogP contribution in [0.15, 0.2) is 30.3 Å². The van der Waals surface area contributed by atoms with Crippen molar-refractivity contribution in [2.24, 2.45) is 5.92 Å².